The molecular weight excluding hydrogens is 128 g/mol. The summed E-state index contributed by atoms with van der Waals surface area (Å²) >= 11 is 0. The molecule has 0 aromatic carbocycles. The molecule has 56 valence electrons. The van der Waals surface area contributed by atoms with Crippen LogP contribution in [0.4, 0.5) is 0 Å². The highest BCUT2D eigenvalue weighted by atomic mass is 16.2. The van der Waals surface area contributed by atoms with Gasteiger partial charge in [0, 0.05) is 5.70 Å². The van der Waals surface area contributed by atoms with E-state index in [2.05, 4.69) is 17.2 Å². The number of carbonyl (C=O) groups excluding carboxylic acids is 1. The fraction of sp³-hybridized carbons (Fsp3) is 0.571. The van der Waals surface area contributed by atoms with Gasteiger partial charge in [-0.3, -0.25) is 4.79 Å². The van der Waals surface area contributed by atoms with Crippen LogP contribution in [0.15, 0.2) is 12.3 Å². The maximum atomic E-state index is 10.9. The normalized spacial score (nSPS) is 23.4. The van der Waals surface area contributed by atoms with Crippen molar-refractivity contribution in [3.63, 3.8) is 0 Å². The molecule has 3 heteroatoms. The van der Waals surface area contributed by atoms with Crippen molar-refractivity contribution in [2.75, 3.05) is 0 Å². The van der Waals surface area contributed by atoms with E-state index in [0.717, 1.165) is 5.70 Å². The number of amides is 1. The Morgan fingerprint density at radius 2 is 2.10 bits per heavy atom. The van der Waals surface area contributed by atoms with Crippen LogP contribution in [0.5, 0.6) is 0 Å². The Morgan fingerprint density at radius 1 is 1.50 bits per heavy atom. The largest absolute Gasteiger partial charge is 0.367 e. The number of hydrogen-bond donors (Lipinski definition) is 2. The van der Waals surface area contributed by atoms with Crippen LogP contribution in [-0.4, -0.2) is 11.6 Å². The van der Waals surface area contributed by atoms with E-state index in [1.54, 1.807) is 0 Å². The first-order valence-corrected chi connectivity index (χ1v) is 3.26. The molecule has 1 amide bonds. The molecule has 0 aromatic heterocycles. The van der Waals surface area contributed by atoms with Gasteiger partial charge in [0.1, 0.15) is 5.66 Å². The minimum Gasteiger partial charge on any atom is -0.367 e. The molecule has 0 unspecified atom stereocenters. The second kappa shape index (κ2) is 2.01. The van der Waals surface area contributed by atoms with Gasteiger partial charge in [-0.05, 0) is 13.8 Å². The van der Waals surface area contributed by atoms with Crippen LogP contribution in [0.3, 0.4) is 0 Å². The topological polar surface area (TPSA) is 41.1 Å². The average molecular weight is 140 g/mol. The summed E-state index contributed by atoms with van der Waals surface area (Å²) in [6.07, 6.45) is 0.392. The monoisotopic (exact) mass is 140 g/mol. The molecule has 0 radical (unpaired) electrons. The Hall–Kier alpha value is -0.990. The van der Waals surface area contributed by atoms with E-state index in [0.29, 0.717) is 6.42 Å². The van der Waals surface area contributed by atoms with E-state index < -0.39 is 0 Å². The zero-order valence-electron chi connectivity index (χ0n) is 6.32. The van der Waals surface area contributed by atoms with Gasteiger partial charge in [-0.15, -0.1) is 0 Å². The summed E-state index contributed by atoms with van der Waals surface area (Å²) in [5, 5.41) is 5.83. The fourth-order valence-electron chi connectivity index (χ4n) is 1.10. The molecule has 0 saturated carbocycles. The van der Waals surface area contributed by atoms with Crippen molar-refractivity contribution in [3.8, 4) is 0 Å². The third kappa shape index (κ3) is 1.50. The van der Waals surface area contributed by atoms with Crippen molar-refractivity contribution in [2.45, 2.75) is 25.9 Å². The molecule has 1 aliphatic heterocycles. The van der Waals surface area contributed by atoms with Crippen molar-refractivity contribution < 1.29 is 4.79 Å². The fourth-order valence-corrected chi connectivity index (χ4v) is 1.10. The molecule has 0 atom stereocenters. The predicted octanol–water partition coefficient (Wildman–Crippen LogP) is 0.346. The first-order chi connectivity index (χ1) is 4.49. The molecule has 1 rings (SSSR count). The van der Waals surface area contributed by atoms with E-state index in [-0.39, 0.29) is 11.6 Å². The highest BCUT2D eigenvalue weighted by Crippen LogP contribution is 2.09. The maximum Gasteiger partial charge on any atom is 0.227 e. The van der Waals surface area contributed by atoms with Gasteiger partial charge < -0.3 is 10.6 Å². The van der Waals surface area contributed by atoms with E-state index >= 15 is 0 Å². The molecule has 0 aliphatic carbocycles. The highest BCUT2D eigenvalue weighted by Gasteiger charge is 2.25. The molecule has 10 heavy (non-hydrogen) atoms. The van der Waals surface area contributed by atoms with Crippen molar-refractivity contribution >= 4 is 5.91 Å². The van der Waals surface area contributed by atoms with Crippen LogP contribution in [0.25, 0.3) is 0 Å². The molecular formula is C7H12N2O. The van der Waals surface area contributed by atoms with Crippen LogP contribution in [0, 0.1) is 0 Å². The third-order valence-electron chi connectivity index (χ3n) is 1.32. The Morgan fingerprint density at radius 3 is 2.50 bits per heavy atom. The molecule has 1 heterocycles. The standard InChI is InChI=1S/C7H12N2O/c1-5-4-6(10)9-7(2,3)8-5/h8H,1,4H2,2-3H3,(H,9,10). The molecule has 1 aliphatic rings. The first kappa shape index (κ1) is 7.12. The lowest BCUT2D eigenvalue weighted by atomic mass is 10.1. The second-order valence-corrected chi connectivity index (χ2v) is 3.08. The van der Waals surface area contributed by atoms with Gasteiger partial charge in [0.05, 0.1) is 6.42 Å². The molecule has 0 spiro atoms. The van der Waals surface area contributed by atoms with E-state index in [4.69, 9.17) is 0 Å². The van der Waals surface area contributed by atoms with Crippen LogP contribution in [0.2, 0.25) is 0 Å². The summed E-state index contributed by atoms with van der Waals surface area (Å²) in [5.74, 6) is 0.0359. The van der Waals surface area contributed by atoms with Crippen molar-refractivity contribution in [1.82, 2.24) is 10.6 Å². The van der Waals surface area contributed by atoms with Crippen LogP contribution in [-0.2, 0) is 4.79 Å². The lowest BCUT2D eigenvalue weighted by Gasteiger charge is -2.34. The van der Waals surface area contributed by atoms with Gasteiger partial charge in [-0.25, -0.2) is 0 Å². The second-order valence-electron chi connectivity index (χ2n) is 3.08. The number of hydrogen-bond acceptors (Lipinski definition) is 2. The molecule has 1 saturated heterocycles. The maximum absolute atomic E-state index is 10.9. The first-order valence-electron chi connectivity index (χ1n) is 3.26. The van der Waals surface area contributed by atoms with Gasteiger partial charge in [-0.1, -0.05) is 6.58 Å². The molecule has 1 fully saturated rings. The molecule has 3 nitrogen and oxygen atoms in total. The Bertz CT molecular complexity index is 166. The summed E-state index contributed by atoms with van der Waals surface area (Å²) in [6.45, 7) is 7.48. The zero-order valence-corrected chi connectivity index (χ0v) is 6.32. The number of nitrogens with one attached hydrogen (secondary N) is 2. The Kier molecular flexibility index (Phi) is 1.43. The number of carbonyl (C=O) groups is 1. The van der Waals surface area contributed by atoms with Gasteiger partial charge >= 0.3 is 0 Å². The number of rotatable bonds is 0. The summed E-state index contributed by atoms with van der Waals surface area (Å²) < 4.78 is 0. The summed E-state index contributed by atoms with van der Waals surface area (Å²) in [4.78, 5) is 10.9. The molecule has 2 N–H and O–H groups in total. The van der Waals surface area contributed by atoms with E-state index in [9.17, 15) is 4.79 Å². The zero-order chi connectivity index (χ0) is 7.78. The summed E-state index contributed by atoms with van der Waals surface area (Å²) in [5.41, 5.74) is 0.459. The Balaban J connectivity index is 2.68. The van der Waals surface area contributed by atoms with E-state index in [1.807, 2.05) is 13.8 Å². The van der Waals surface area contributed by atoms with Crippen molar-refractivity contribution in [2.24, 2.45) is 0 Å². The lowest BCUT2D eigenvalue weighted by molar-refractivity contribution is -0.123. The van der Waals surface area contributed by atoms with Gasteiger partial charge in [0.25, 0.3) is 0 Å². The minimum absolute atomic E-state index is 0.0359. The minimum atomic E-state index is -0.327. The van der Waals surface area contributed by atoms with Gasteiger partial charge in [0.15, 0.2) is 0 Å². The van der Waals surface area contributed by atoms with Gasteiger partial charge in [-0.2, -0.15) is 0 Å². The SMILES string of the molecule is C=C1CC(=O)NC(C)(C)N1. The van der Waals surface area contributed by atoms with Gasteiger partial charge in [0.2, 0.25) is 5.91 Å². The van der Waals surface area contributed by atoms with E-state index in [1.165, 1.54) is 0 Å². The predicted molar refractivity (Wildman–Crippen MR) is 39.1 cm³/mol. The van der Waals surface area contributed by atoms with Crippen LogP contribution < -0.4 is 10.6 Å². The van der Waals surface area contributed by atoms with Crippen molar-refractivity contribution in [1.29, 1.82) is 0 Å². The smallest absolute Gasteiger partial charge is 0.227 e. The molecule has 0 bridgehead atoms. The van der Waals surface area contributed by atoms with Crippen LogP contribution in [0.1, 0.15) is 20.3 Å². The third-order valence-corrected chi connectivity index (χ3v) is 1.32. The van der Waals surface area contributed by atoms with Crippen LogP contribution >= 0.6 is 0 Å². The average Bonchev–Trinajstić information content (AvgIpc) is 1.54. The Labute approximate surface area is 60.5 Å². The van der Waals surface area contributed by atoms with Crippen molar-refractivity contribution in [3.05, 3.63) is 12.3 Å². The summed E-state index contributed by atoms with van der Waals surface area (Å²) in [6, 6.07) is 0. The quantitative estimate of drug-likeness (QED) is 0.509. The highest BCUT2D eigenvalue weighted by molar-refractivity contribution is 5.80. The lowest BCUT2D eigenvalue weighted by Crippen LogP contribution is -2.57. The molecule has 0 aromatic rings. The summed E-state index contributed by atoms with van der Waals surface area (Å²) in [7, 11) is 0.